The van der Waals surface area contributed by atoms with Gasteiger partial charge in [-0.3, -0.25) is 0 Å². The van der Waals surface area contributed by atoms with Crippen LogP contribution in [0.15, 0.2) is 35.2 Å². The van der Waals surface area contributed by atoms with Crippen molar-refractivity contribution in [3.63, 3.8) is 0 Å². The van der Waals surface area contributed by atoms with Crippen LogP contribution in [0.4, 0.5) is 0 Å². The average Bonchev–Trinajstić information content (AvgIpc) is 3.02. The standard InChI is InChI=1S/C14H15BrClN3/c1-14(4-5-17-8-14)13-7-18-9-19(13)10-2-3-11(15)12(16)6-10/h2-3,6-7,9,17H,4-5,8H2,1H3. The normalized spacial score (nSPS) is 22.9. The Morgan fingerprint density at radius 1 is 1.47 bits per heavy atom. The zero-order chi connectivity index (χ0) is 13.5. The molecular formula is C14H15BrClN3. The Hall–Kier alpha value is -0.840. The Labute approximate surface area is 126 Å². The van der Waals surface area contributed by atoms with Crippen molar-refractivity contribution in [3.05, 3.63) is 45.9 Å². The van der Waals surface area contributed by atoms with Gasteiger partial charge in [-0.15, -0.1) is 0 Å². The molecule has 1 aliphatic rings. The van der Waals surface area contributed by atoms with E-state index in [4.69, 9.17) is 11.6 Å². The molecule has 1 N–H and O–H groups in total. The Bertz CT molecular complexity index is 602. The third-order valence-electron chi connectivity index (χ3n) is 3.81. The number of hydrogen-bond donors (Lipinski definition) is 1. The number of nitrogens with one attached hydrogen (secondary N) is 1. The van der Waals surface area contributed by atoms with Crippen LogP contribution in [-0.2, 0) is 5.41 Å². The fourth-order valence-corrected chi connectivity index (χ4v) is 3.04. The molecule has 0 bridgehead atoms. The van der Waals surface area contributed by atoms with Gasteiger partial charge in [-0.05, 0) is 47.1 Å². The average molecular weight is 341 g/mol. The van der Waals surface area contributed by atoms with Crippen molar-refractivity contribution >= 4 is 27.5 Å². The Morgan fingerprint density at radius 3 is 3.00 bits per heavy atom. The maximum Gasteiger partial charge on any atom is 0.0994 e. The van der Waals surface area contributed by atoms with Gasteiger partial charge in [0.05, 0.1) is 11.3 Å². The van der Waals surface area contributed by atoms with Gasteiger partial charge >= 0.3 is 0 Å². The van der Waals surface area contributed by atoms with Crippen molar-refractivity contribution in [2.75, 3.05) is 13.1 Å². The molecule has 0 saturated carbocycles. The first-order valence-corrected chi connectivity index (χ1v) is 7.46. The molecule has 19 heavy (non-hydrogen) atoms. The minimum Gasteiger partial charge on any atom is -0.316 e. The molecule has 1 fully saturated rings. The Morgan fingerprint density at radius 2 is 2.32 bits per heavy atom. The molecule has 2 aromatic rings. The maximum absolute atomic E-state index is 6.18. The molecule has 3 nitrogen and oxygen atoms in total. The molecule has 1 aliphatic heterocycles. The number of nitrogens with zero attached hydrogens (tertiary/aromatic N) is 2. The van der Waals surface area contributed by atoms with Crippen LogP contribution in [-0.4, -0.2) is 22.6 Å². The van der Waals surface area contributed by atoms with Gasteiger partial charge in [-0.25, -0.2) is 4.98 Å². The van der Waals surface area contributed by atoms with E-state index in [1.54, 1.807) is 0 Å². The molecule has 0 amide bonds. The van der Waals surface area contributed by atoms with Crippen molar-refractivity contribution in [2.45, 2.75) is 18.8 Å². The molecule has 100 valence electrons. The molecule has 5 heteroatoms. The smallest absolute Gasteiger partial charge is 0.0994 e. The SMILES string of the molecule is CC1(c2cncn2-c2ccc(Br)c(Cl)c2)CCNC1. The second kappa shape index (κ2) is 4.93. The van der Waals surface area contributed by atoms with Crippen LogP contribution in [0.2, 0.25) is 5.02 Å². The van der Waals surface area contributed by atoms with Gasteiger partial charge in [0.1, 0.15) is 0 Å². The highest BCUT2D eigenvalue weighted by Gasteiger charge is 2.33. The molecule has 1 unspecified atom stereocenters. The highest BCUT2D eigenvalue weighted by Crippen LogP contribution is 2.32. The van der Waals surface area contributed by atoms with Crippen LogP contribution in [0.25, 0.3) is 5.69 Å². The summed E-state index contributed by atoms with van der Waals surface area (Å²) in [7, 11) is 0. The molecule has 0 aliphatic carbocycles. The first-order valence-electron chi connectivity index (χ1n) is 6.29. The summed E-state index contributed by atoms with van der Waals surface area (Å²) < 4.78 is 3.04. The molecule has 0 radical (unpaired) electrons. The first-order chi connectivity index (χ1) is 9.10. The van der Waals surface area contributed by atoms with Gasteiger partial charge in [0.25, 0.3) is 0 Å². The number of imidazole rings is 1. The lowest BCUT2D eigenvalue weighted by atomic mass is 9.86. The molecule has 3 rings (SSSR count). The van der Waals surface area contributed by atoms with Gasteiger partial charge in [-0.1, -0.05) is 18.5 Å². The summed E-state index contributed by atoms with van der Waals surface area (Å²) in [5, 5.41) is 4.14. The van der Waals surface area contributed by atoms with E-state index >= 15 is 0 Å². The van der Waals surface area contributed by atoms with Crippen molar-refractivity contribution < 1.29 is 0 Å². The van der Waals surface area contributed by atoms with E-state index in [9.17, 15) is 0 Å². The summed E-state index contributed by atoms with van der Waals surface area (Å²) >= 11 is 9.61. The highest BCUT2D eigenvalue weighted by molar-refractivity contribution is 9.10. The summed E-state index contributed by atoms with van der Waals surface area (Å²) in [6, 6.07) is 5.98. The minimum atomic E-state index is 0.135. The van der Waals surface area contributed by atoms with Crippen LogP contribution in [0.1, 0.15) is 19.0 Å². The van der Waals surface area contributed by atoms with E-state index in [-0.39, 0.29) is 5.41 Å². The highest BCUT2D eigenvalue weighted by atomic mass is 79.9. The molecule has 0 spiro atoms. The quantitative estimate of drug-likeness (QED) is 0.906. The van der Waals surface area contributed by atoms with Crippen molar-refractivity contribution in [1.29, 1.82) is 0 Å². The Balaban J connectivity index is 2.06. The summed E-state index contributed by atoms with van der Waals surface area (Å²) in [5.74, 6) is 0. The summed E-state index contributed by atoms with van der Waals surface area (Å²) in [4.78, 5) is 4.32. The number of hydrogen-bond acceptors (Lipinski definition) is 2. The molecule has 1 aromatic carbocycles. The van der Waals surface area contributed by atoms with Crippen molar-refractivity contribution in [3.8, 4) is 5.69 Å². The minimum absolute atomic E-state index is 0.135. The number of aromatic nitrogens is 2. The molecule has 1 saturated heterocycles. The van der Waals surface area contributed by atoms with Crippen LogP contribution < -0.4 is 5.32 Å². The van der Waals surface area contributed by atoms with E-state index < -0.39 is 0 Å². The van der Waals surface area contributed by atoms with Crippen molar-refractivity contribution in [2.24, 2.45) is 0 Å². The molecular weight excluding hydrogens is 326 g/mol. The fourth-order valence-electron chi connectivity index (χ4n) is 2.62. The number of halogens is 2. The maximum atomic E-state index is 6.18. The predicted octanol–water partition coefficient (Wildman–Crippen LogP) is 3.54. The monoisotopic (exact) mass is 339 g/mol. The third kappa shape index (κ3) is 2.33. The van der Waals surface area contributed by atoms with Gasteiger partial charge < -0.3 is 9.88 Å². The van der Waals surface area contributed by atoms with Gasteiger partial charge in [0.2, 0.25) is 0 Å². The largest absolute Gasteiger partial charge is 0.316 e. The van der Waals surface area contributed by atoms with Crippen LogP contribution in [0.5, 0.6) is 0 Å². The van der Waals surface area contributed by atoms with E-state index in [2.05, 4.69) is 37.7 Å². The molecule has 1 aromatic heterocycles. The lowest BCUT2D eigenvalue weighted by Crippen LogP contribution is -2.27. The van der Waals surface area contributed by atoms with E-state index in [1.807, 2.05) is 30.7 Å². The number of rotatable bonds is 2. The zero-order valence-electron chi connectivity index (χ0n) is 10.7. The lowest BCUT2D eigenvalue weighted by molar-refractivity contribution is 0.499. The summed E-state index contributed by atoms with van der Waals surface area (Å²) in [5.41, 5.74) is 2.42. The molecule has 1 atom stereocenters. The van der Waals surface area contributed by atoms with Gasteiger partial charge in [0, 0.05) is 34.0 Å². The van der Waals surface area contributed by atoms with Crippen molar-refractivity contribution in [1.82, 2.24) is 14.9 Å². The first kappa shape index (κ1) is 13.2. The zero-order valence-corrected chi connectivity index (χ0v) is 13.0. The van der Waals surface area contributed by atoms with Gasteiger partial charge in [0.15, 0.2) is 0 Å². The van der Waals surface area contributed by atoms with Gasteiger partial charge in [-0.2, -0.15) is 0 Å². The Kier molecular flexibility index (Phi) is 3.41. The lowest BCUT2D eigenvalue weighted by Gasteiger charge is -2.24. The van der Waals surface area contributed by atoms with E-state index in [0.717, 1.165) is 29.7 Å². The summed E-state index contributed by atoms with van der Waals surface area (Å²) in [6.07, 6.45) is 4.95. The third-order valence-corrected chi connectivity index (χ3v) is 5.04. The fraction of sp³-hybridized carbons (Fsp3) is 0.357. The van der Waals surface area contributed by atoms with Crippen LogP contribution in [0.3, 0.4) is 0 Å². The van der Waals surface area contributed by atoms with E-state index in [0.29, 0.717) is 5.02 Å². The summed E-state index contributed by atoms with van der Waals surface area (Å²) in [6.45, 7) is 4.33. The predicted molar refractivity (Wildman–Crippen MR) is 81.1 cm³/mol. The van der Waals surface area contributed by atoms with Crippen LogP contribution in [0, 0.1) is 0 Å². The molecule has 2 heterocycles. The van der Waals surface area contributed by atoms with E-state index in [1.165, 1.54) is 5.69 Å². The second-order valence-corrected chi connectivity index (χ2v) is 6.50. The second-order valence-electron chi connectivity index (χ2n) is 5.23. The topological polar surface area (TPSA) is 29.9 Å². The van der Waals surface area contributed by atoms with Crippen LogP contribution >= 0.6 is 27.5 Å². The number of benzene rings is 1.